The Bertz CT molecular complexity index is 1040. The van der Waals surface area contributed by atoms with E-state index in [0.717, 1.165) is 44.9 Å². The van der Waals surface area contributed by atoms with Gasteiger partial charge in [-0.1, -0.05) is 231 Å². The summed E-state index contributed by atoms with van der Waals surface area (Å²) in [4.78, 5) is 13.0. The Morgan fingerprint density at radius 3 is 1.40 bits per heavy atom. The number of carbonyl (C=O) groups excluding carboxylic acids is 1. The Labute approximate surface area is 388 Å². The van der Waals surface area contributed by atoms with Crippen molar-refractivity contribution in [3.8, 4) is 0 Å². The Hall–Kier alpha value is -1.33. The van der Waals surface area contributed by atoms with Gasteiger partial charge in [0, 0.05) is 6.42 Å². The molecule has 7 atom stereocenters. The largest absolute Gasteiger partial charge is 0.394 e. The van der Waals surface area contributed by atoms with Crippen molar-refractivity contribution < 1.29 is 39.8 Å². The van der Waals surface area contributed by atoms with E-state index in [1.54, 1.807) is 0 Å². The van der Waals surface area contributed by atoms with Crippen molar-refractivity contribution in [3.63, 3.8) is 0 Å². The Balaban J connectivity index is 2.24. The fraction of sp³-hybridized carbons (Fsp3) is 0.907. The molecule has 0 aromatic rings. The number of carbonyl (C=O) groups is 1. The van der Waals surface area contributed by atoms with Gasteiger partial charge in [-0.3, -0.25) is 4.79 Å². The van der Waals surface area contributed by atoms with Crippen LogP contribution in [0, 0.1) is 0 Å². The van der Waals surface area contributed by atoms with Crippen molar-refractivity contribution in [2.45, 2.75) is 301 Å². The quantitative estimate of drug-likeness (QED) is 0.0261. The van der Waals surface area contributed by atoms with Gasteiger partial charge in [0.15, 0.2) is 6.29 Å². The second kappa shape index (κ2) is 44.5. The van der Waals surface area contributed by atoms with Crippen LogP contribution in [-0.2, 0) is 14.3 Å². The summed E-state index contributed by atoms with van der Waals surface area (Å²) in [6.07, 6.45) is 47.6. The minimum absolute atomic E-state index is 0.137. The molecule has 0 aromatic heterocycles. The van der Waals surface area contributed by atoms with E-state index in [-0.39, 0.29) is 12.5 Å². The van der Waals surface area contributed by atoms with Gasteiger partial charge in [0.05, 0.1) is 25.4 Å². The van der Waals surface area contributed by atoms with Crippen molar-refractivity contribution in [1.82, 2.24) is 5.32 Å². The van der Waals surface area contributed by atoms with Crippen LogP contribution in [0.5, 0.6) is 0 Å². The minimum atomic E-state index is -1.55. The summed E-state index contributed by atoms with van der Waals surface area (Å²) in [6, 6.07) is -0.720. The molecule has 1 rings (SSSR count). The maximum atomic E-state index is 13.0. The first-order chi connectivity index (χ1) is 30.8. The average Bonchev–Trinajstić information content (AvgIpc) is 3.28. The molecule has 7 unspecified atom stereocenters. The molecule has 0 aliphatic carbocycles. The monoisotopic (exact) mass is 894 g/mol. The van der Waals surface area contributed by atoms with Crippen LogP contribution in [0.25, 0.3) is 0 Å². The Kier molecular flexibility index (Phi) is 42.2. The molecule has 1 fully saturated rings. The third kappa shape index (κ3) is 34.6. The van der Waals surface area contributed by atoms with Gasteiger partial charge in [0.1, 0.15) is 24.4 Å². The van der Waals surface area contributed by atoms with Gasteiger partial charge in [0.2, 0.25) is 5.91 Å². The lowest BCUT2D eigenvalue weighted by Gasteiger charge is -2.40. The van der Waals surface area contributed by atoms with Crippen LogP contribution in [-0.4, -0.2) is 87.5 Å². The summed E-state index contributed by atoms with van der Waals surface area (Å²) in [6.45, 7) is 3.83. The van der Waals surface area contributed by atoms with E-state index in [0.29, 0.717) is 12.8 Å². The summed E-state index contributed by atoms with van der Waals surface area (Å²) in [5, 5.41) is 54.6. The molecule has 0 spiro atoms. The van der Waals surface area contributed by atoms with E-state index >= 15 is 0 Å². The molecule has 0 saturated carbocycles. The molecular formula is C54H103NO8. The van der Waals surface area contributed by atoms with Crippen molar-refractivity contribution in [3.05, 3.63) is 24.3 Å². The Morgan fingerprint density at radius 2 is 0.937 bits per heavy atom. The minimum Gasteiger partial charge on any atom is -0.394 e. The lowest BCUT2D eigenvalue weighted by molar-refractivity contribution is -0.302. The lowest BCUT2D eigenvalue weighted by atomic mass is 9.99. The molecule has 1 heterocycles. The smallest absolute Gasteiger partial charge is 0.220 e. The van der Waals surface area contributed by atoms with Crippen molar-refractivity contribution in [2.24, 2.45) is 0 Å². The highest BCUT2D eigenvalue weighted by Gasteiger charge is 2.44. The molecule has 63 heavy (non-hydrogen) atoms. The van der Waals surface area contributed by atoms with Crippen LogP contribution >= 0.6 is 0 Å². The number of nitrogens with one attached hydrogen (secondary N) is 1. The van der Waals surface area contributed by atoms with Crippen LogP contribution < -0.4 is 5.32 Å². The van der Waals surface area contributed by atoms with Crippen LogP contribution in [0.4, 0.5) is 0 Å². The molecule has 1 aliphatic heterocycles. The van der Waals surface area contributed by atoms with Crippen LogP contribution in [0.3, 0.4) is 0 Å². The molecule has 1 amide bonds. The molecule has 0 bridgehead atoms. The van der Waals surface area contributed by atoms with E-state index < -0.39 is 49.5 Å². The first-order valence-electron chi connectivity index (χ1n) is 27.0. The number of ether oxygens (including phenoxy) is 2. The highest BCUT2D eigenvalue weighted by Crippen LogP contribution is 2.23. The van der Waals surface area contributed by atoms with E-state index in [4.69, 9.17) is 9.47 Å². The first-order valence-corrected chi connectivity index (χ1v) is 27.0. The van der Waals surface area contributed by atoms with Crippen molar-refractivity contribution >= 4 is 5.91 Å². The summed E-state index contributed by atoms with van der Waals surface area (Å²) < 4.78 is 11.3. The van der Waals surface area contributed by atoms with Crippen molar-refractivity contribution in [2.75, 3.05) is 13.2 Å². The fourth-order valence-corrected chi connectivity index (χ4v) is 8.72. The number of allylic oxidation sites excluding steroid dienone is 4. The van der Waals surface area contributed by atoms with E-state index in [9.17, 15) is 30.3 Å². The van der Waals surface area contributed by atoms with Gasteiger partial charge in [-0.15, -0.1) is 0 Å². The molecular weight excluding hydrogens is 791 g/mol. The first kappa shape index (κ1) is 59.7. The van der Waals surface area contributed by atoms with Crippen LogP contribution in [0.2, 0.25) is 0 Å². The predicted octanol–water partition coefficient (Wildman–Crippen LogP) is 12.6. The summed E-state index contributed by atoms with van der Waals surface area (Å²) in [7, 11) is 0. The average molecular weight is 894 g/mol. The number of aliphatic hydroxyl groups is 5. The normalized spacial score (nSPS) is 20.3. The van der Waals surface area contributed by atoms with Crippen LogP contribution in [0.15, 0.2) is 24.3 Å². The van der Waals surface area contributed by atoms with E-state index in [1.807, 2.05) is 0 Å². The summed E-state index contributed by atoms with van der Waals surface area (Å²) in [5.74, 6) is -0.146. The Morgan fingerprint density at radius 1 is 0.540 bits per heavy atom. The van der Waals surface area contributed by atoms with Gasteiger partial charge in [-0.05, 0) is 44.9 Å². The van der Waals surface area contributed by atoms with Gasteiger partial charge in [-0.2, -0.15) is 0 Å². The van der Waals surface area contributed by atoms with E-state index in [2.05, 4.69) is 43.5 Å². The molecule has 372 valence electrons. The highest BCUT2D eigenvalue weighted by atomic mass is 16.7. The van der Waals surface area contributed by atoms with E-state index in [1.165, 1.54) is 186 Å². The SMILES string of the molecule is CCCCC/C=C\C/C=C\CCCCCCCCCCCC(=O)NC(COC1OC(CO)C(O)C(O)C1O)C(O)CCCCCCCCCCCCCCCCCCCCCCC. The zero-order valence-corrected chi connectivity index (χ0v) is 41.1. The lowest BCUT2D eigenvalue weighted by Crippen LogP contribution is -2.60. The number of unbranched alkanes of at least 4 members (excludes halogenated alkanes) is 32. The molecule has 9 heteroatoms. The second-order valence-electron chi connectivity index (χ2n) is 19.0. The highest BCUT2D eigenvalue weighted by molar-refractivity contribution is 5.76. The van der Waals surface area contributed by atoms with Gasteiger partial charge < -0.3 is 40.3 Å². The molecule has 0 aromatic carbocycles. The van der Waals surface area contributed by atoms with Gasteiger partial charge in [-0.25, -0.2) is 0 Å². The number of hydrogen-bond donors (Lipinski definition) is 6. The van der Waals surface area contributed by atoms with Gasteiger partial charge in [0.25, 0.3) is 0 Å². The number of hydrogen-bond acceptors (Lipinski definition) is 8. The fourth-order valence-electron chi connectivity index (χ4n) is 8.72. The molecule has 9 nitrogen and oxygen atoms in total. The summed E-state index contributed by atoms with van der Waals surface area (Å²) in [5.41, 5.74) is 0. The van der Waals surface area contributed by atoms with Crippen LogP contribution in [0.1, 0.15) is 258 Å². The summed E-state index contributed by atoms with van der Waals surface area (Å²) >= 11 is 0. The molecule has 6 N–H and O–H groups in total. The zero-order valence-electron chi connectivity index (χ0n) is 41.1. The number of aliphatic hydroxyl groups excluding tert-OH is 5. The zero-order chi connectivity index (χ0) is 45.9. The second-order valence-corrected chi connectivity index (χ2v) is 19.0. The standard InChI is InChI=1S/C54H103NO8/c1-3-5-7-9-11-13-15-17-19-21-23-24-26-27-29-31-33-35-37-39-41-43-48(57)47(46-62-54-53(61)52(60)51(59)49(45-56)63-54)55-50(58)44-42-40-38-36-34-32-30-28-25-22-20-18-16-14-12-10-8-6-4-2/h12,14,18,20,47-49,51-54,56-57,59-61H,3-11,13,15-17,19,21-46H2,1-2H3,(H,55,58)/b14-12-,20-18-. The third-order valence-electron chi connectivity index (χ3n) is 13.1. The predicted molar refractivity (Wildman–Crippen MR) is 263 cm³/mol. The number of amides is 1. The molecule has 1 saturated heterocycles. The van der Waals surface area contributed by atoms with Gasteiger partial charge >= 0.3 is 0 Å². The molecule has 0 radical (unpaired) electrons. The molecule has 1 aliphatic rings. The topological polar surface area (TPSA) is 149 Å². The number of rotatable bonds is 46. The van der Waals surface area contributed by atoms with Crippen molar-refractivity contribution in [1.29, 1.82) is 0 Å². The maximum absolute atomic E-state index is 13.0. The maximum Gasteiger partial charge on any atom is 0.220 e. The third-order valence-corrected chi connectivity index (χ3v) is 13.1.